The fourth-order valence-corrected chi connectivity index (χ4v) is 2.26. The average molecular weight is 224 g/mol. The normalized spacial score (nSPS) is 30.9. The van der Waals surface area contributed by atoms with Gasteiger partial charge in [0.2, 0.25) is 0 Å². The number of furan rings is 1. The minimum Gasteiger partial charge on any atom is -0.469 e. The maximum Gasteiger partial charge on any atom is 0.106 e. The molecule has 90 valence electrons. The van der Waals surface area contributed by atoms with Crippen molar-refractivity contribution >= 4 is 0 Å². The highest BCUT2D eigenvalue weighted by molar-refractivity contribution is 5.04. The maximum atomic E-state index is 10.5. The van der Waals surface area contributed by atoms with E-state index in [1.807, 2.05) is 12.1 Å². The molecule has 16 heavy (non-hydrogen) atoms. The van der Waals surface area contributed by atoms with Crippen LogP contribution in [0.1, 0.15) is 32.4 Å². The average Bonchev–Trinajstić information content (AvgIpc) is 2.69. The lowest BCUT2D eigenvalue weighted by Gasteiger charge is -2.38. The van der Waals surface area contributed by atoms with Crippen molar-refractivity contribution in [2.45, 2.75) is 44.8 Å². The first-order chi connectivity index (χ1) is 7.59. The van der Waals surface area contributed by atoms with Gasteiger partial charge in [-0.15, -0.1) is 0 Å². The summed E-state index contributed by atoms with van der Waals surface area (Å²) in [6.07, 6.45) is 3.79. The first-order valence-electron chi connectivity index (χ1n) is 5.95. The van der Waals surface area contributed by atoms with Crippen molar-refractivity contribution < 1.29 is 14.3 Å². The predicted octanol–water partition coefficient (Wildman–Crippen LogP) is 2.39. The first kappa shape index (κ1) is 11.7. The van der Waals surface area contributed by atoms with Gasteiger partial charge in [-0.1, -0.05) is 13.8 Å². The van der Waals surface area contributed by atoms with Crippen LogP contribution >= 0.6 is 0 Å². The van der Waals surface area contributed by atoms with Crippen LogP contribution in [0.25, 0.3) is 0 Å². The Bertz CT molecular complexity index is 318. The Morgan fingerprint density at radius 2 is 2.38 bits per heavy atom. The van der Waals surface area contributed by atoms with Crippen LogP contribution in [0.3, 0.4) is 0 Å². The van der Waals surface area contributed by atoms with Crippen molar-refractivity contribution in [3.8, 4) is 0 Å². The second-order valence-corrected chi connectivity index (χ2v) is 5.09. The highest BCUT2D eigenvalue weighted by atomic mass is 16.5. The molecule has 1 aliphatic heterocycles. The Balaban J connectivity index is 2.01. The molecule has 0 amide bonds. The Morgan fingerprint density at radius 1 is 1.56 bits per heavy atom. The molecule has 1 aromatic rings. The van der Waals surface area contributed by atoms with Crippen molar-refractivity contribution in [2.75, 3.05) is 6.61 Å². The minimum atomic E-state index is -0.662. The van der Waals surface area contributed by atoms with Crippen LogP contribution in [0.4, 0.5) is 0 Å². The molecular weight excluding hydrogens is 204 g/mol. The standard InChI is InChI=1S/C13H20O3/c1-10(2)12-9-13(14,5-7-16-12)8-11-4-3-6-15-11/h3-4,6,10,12,14H,5,7-9H2,1-2H3. The molecule has 3 heteroatoms. The zero-order valence-corrected chi connectivity index (χ0v) is 9.98. The minimum absolute atomic E-state index is 0.161. The van der Waals surface area contributed by atoms with Gasteiger partial charge in [-0.2, -0.15) is 0 Å². The molecule has 2 unspecified atom stereocenters. The van der Waals surface area contributed by atoms with Crippen molar-refractivity contribution in [1.29, 1.82) is 0 Å². The molecule has 1 N–H and O–H groups in total. The van der Waals surface area contributed by atoms with E-state index in [1.165, 1.54) is 0 Å². The smallest absolute Gasteiger partial charge is 0.106 e. The lowest BCUT2D eigenvalue weighted by Crippen LogP contribution is -2.44. The van der Waals surface area contributed by atoms with Gasteiger partial charge in [-0.25, -0.2) is 0 Å². The third-order valence-electron chi connectivity index (χ3n) is 3.31. The summed E-state index contributed by atoms with van der Waals surface area (Å²) in [5, 5.41) is 10.5. The third-order valence-corrected chi connectivity index (χ3v) is 3.31. The molecular formula is C13H20O3. The van der Waals surface area contributed by atoms with Gasteiger partial charge in [-0.3, -0.25) is 0 Å². The lowest BCUT2D eigenvalue weighted by molar-refractivity contribution is -0.117. The quantitative estimate of drug-likeness (QED) is 0.857. The molecule has 0 saturated carbocycles. The van der Waals surface area contributed by atoms with Crippen molar-refractivity contribution in [1.82, 2.24) is 0 Å². The van der Waals surface area contributed by atoms with E-state index in [4.69, 9.17) is 9.15 Å². The van der Waals surface area contributed by atoms with Crippen molar-refractivity contribution in [2.24, 2.45) is 5.92 Å². The molecule has 1 fully saturated rings. The summed E-state index contributed by atoms with van der Waals surface area (Å²) in [4.78, 5) is 0. The molecule has 3 nitrogen and oxygen atoms in total. The van der Waals surface area contributed by atoms with Crippen LogP contribution in [0.2, 0.25) is 0 Å². The number of hydrogen-bond donors (Lipinski definition) is 1. The summed E-state index contributed by atoms with van der Waals surface area (Å²) in [6, 6.07) is 3.77. The molecule has 1 aliphatic rings. The Hall–Kier alpha value is -0.800. The largest absolute Gasteiger partial charge is 0.469 e. The maximum absolute atomic E-state index is 10.5. The second kappa shape index (κ2) is 4.60. The van der Waals surface area contributed by atoms with Gasteiger partial charge in [0.1, 0.15) is 5.76 Å². The van der Waals surface area contributed by atoms with Crippen LogP contribution in [0.5, 0.6) is 0 Å². The summed E-state index contributed by atoms with van der Waals surface area (Å²) in [7, 11) is 0. The van der Waals surface area contributed by atoms with E-state index in [2.05, 4.69) is 13.8 Å². The number of ether oxygens (including phenoxy) is 1. The van der Waals surface area contributed by atoms with Gasteiger partial charge in [0.05, 0.1) is 18.0 Å². The van der Waals surface area contributed by atoms with Crippen LogP contribution in [-0.2, 0) is 11.2 Å². The Kier molecular flexibility index (Phi) is 3.36. The molecule has 2 rings (SSSR count). The third kappa shape index (κ3) is 2.66. The summed E-state index contributed by atoms with van der Waals surface area (Å²) in [5.41, 5.74) is -0.662. The summed E-state index contributed by atoms with van der Waals surface area (Å²) < 4.78 is 11.0. The van der Waals surface area contributed by atoms with Crippen LogP contribution in [-0.4, -0.2) is 23.4 Å². The van der Waals surface area contributed by atoms with E-state index in [9.17, 15) is 5.11 Å². The second-order valence-electron chi connectivity index (χ2n) is 5.09. The van der Waals surface area contributed by atoms with Gasteiger partial charge in [0, 0.05) is 25.9 Å². The molecule has 2 heterocycles. The highest BCUT2D eigenvalue weighted by Gasteiger charge is 2.36. The summed E-state index contributed by atoms with van der Waals surface area (Å²) >= 11 is 0. The molecule has 2 atom stereocenters. The molecule has 0 bridgehead atoms. The molecule has 1 saturated heterocycles. The Labute approximate surface area is 96.4 Å². The van der Waals surface area contributed by atoms with Crippen LogP contribution in [0.15, 0.2) is 22.8 Å². The van der Waals surface area contributed by atoms with Gasteiger partial charge in [-0.05, 0) is 18.1 Å². The first-order valence-corrected chi connectivity index (χ1v) is 5.95. The monoisotopic (exact) mass is 224 g/mol. The molecule has 0 aliphatic carbocycles. The topological polar surface area (TPSA) is 42.6 Å². The molecule has 1 aromatic heterocycles. The Morgan fingerprint density at radius 3 is 3.00 bits per heavy atom. The summed E-state index contributed by atoms with van der Waals surface area (Å²) in [5.74, 6) is 1.30. The van der Waals surface area contributed by atoms with E-state index in [0.717, 1.165) is 5.76 Å². The molecule has 0 spiro atoms. The number of aliphatic hydroxyl groups is 1. The van der Waals surface area contributed by atoms with Crippen LogP contribution < -0.4 is 0 Å². The summed E-state index contributed by atoms with van der Waals surface area (Å²) in [6.45, 7) is 4.90. The lowest BCUT2D eigenvalue weighted by atomic mass is 9.83. The molecule has 0 aromatic carbocycles. The van der Waals surface area contributed by atoms with Crippen LogP contribution in [0, 0.1) is 5.92 Å². The van der Waals surface area contributed by atoms with E-state index >= 15 is 0 Å². The number of hydrogen-bond acceptors (Lipinski definition) is 3. The van der Waals surface area contributed by atoms with Crippen molar-refractivity contribution in [3.05, 3.63) is 24.2 Å². The fourth-order valence-electron chi connectivity index (χ4n) is 2.26. The van der Waals surface area contributed by atoms with Gasteiger partial charge in [0.25, 0.3) is 0 Å². The molecule has 0 radical (unpaired) electrons. The van der Waals surface area contributed by atoms with Gasteiger partial charge < -0.3 is 14.3 Å². The predicted molar refractivity (Wildman–Crippen MR) is 61.2 cm³/mol. The van der Waals surface area contributed by atoms with Gasteiger partial charge in [0.15, 0.2) is 0 Å². The van der Waals surface area contributed by atoms with E-state index in [0.29, 0.717) is 31.8 Å². The highest BCUT2D eigenvalue weighted by Crippen LogP contribution is 2.31. The SMILES string of the molecule is CC(C)C1CC(O)(Cc2ccco2)CCO1. The fraction of sp³-hybridized carbons (Fsp3) is 0.692. The van der Waals surface area contributed by atoms with Crippen molar-refractivity contribution in [3.63, 3.8) is 0 Å². The number of rotatable bonds is 3. The zero-order valence-electron chi connectivity index (χ0n) is 9.98. The van der Waals surface area contributed by atoms with Gasteiger partial charge >= 0.3 is 0 Å². The van der Waals surface area contributed by atoms with E-state index in [-0.39, 0.29) is 6.10 Å². The van der Waals surface area contributed by atoms with E-state index < -0.39 is 5.60 Å². The van der Waals surface area contributed by atoms with E-state index in [1.54, 1.807) is 6.26 Å². The zero-order chi connectivity index (χ0) is 11.6.